The summed E-state index contributed by atoms with van der Waals surface area (Å²) < 4.78 is 23.3. The average molecular weight is 240 g/mol. The lowest BCUT2D eigenvalue weighted by Gasteiger charge is -2.06. The molecule has 17 heavy (non-hydrogen) atoms. The zero-order chi connectivity index (χ0) is 12.7. The van der Waals surface area contributed by atoms with Crippen molar-refractivity contribution in [1.82, 2.24) is 0 Å². The Morgan fingerprint density at radius 1 is 1.41 bits per heavy atom. The van der Waals surface area contributed by atoms with Crippen LogP contribution >= 0.6 is 0 Å². The second kappa shape index (κ2) is 7.01. The molecule has 0 fully saturated rings. The van der Waals surface area contributed by atoms with Gasteiger partial charge in [-0.1, -0.05) is 19.4 Å². The van der Waals surface area contributed by atoms with E-state index in [4.69, 9.17) is 4.74 Å². The molecule has 0 amide bonds. The van der Waals surface area contributed by atoms with E-state index in [9.17, 15) is 9.18 Å². The van der Waals surface area contributed by atoms with Gasteiger partial charge in [0.15, 0.2) is 0 Å². The fraction of sp³-hybridized carbons (Fsp3) is 0.462. The number of rotatable bonds is 6. The predicted octanol–water partition coefficient (Wildman–Crippen LogP) is 2.93. The number of halogens is 1. The van der Waals surface area contributed by atoms with Crippen molar-refractivity contribution >= 4 is 5.97 Å². The lowest BCUT2D eigenvalue weighted by atomic mass is 10.1. The van der Waals surface area contributed by atoms with Crippen LogP contribution in [0.2, 0.25) is 0 Å². The molecule has 0 unspecified atom stereocenters. The van der Waals surface area contributed by atoms with E-state index in [1.54, 1.807) is 6.07 Å². The topological polar surface area (TPSA) is 35.5 Å². The zero-order valence-electron chi connectivity index (χ0n) is 10.2. The molecule has 0 atom stereocenters. The summed E-state index contributed by atoms with van der Waals surface area (Å²) in [5.74, 6) is -1.24. The molecule has 0 heterocycles. The zero-order valence-corrected chi connectivity index (χ0v) is 10.2. The van der Waals surface area contributed by atoms with Crippen molar-refractivity contribution < 1.29 is 18.7 Å². The molecule has 3 nitrogen and oxygen atoms in total. The highest BCUT2D eigenvalue weighted by molar-refractivity contribution is 5.89. The molecule has 0 saturated carbocycles. The lowest BCUT2D eigenvalue weighted by molar-refractivity contribution is 0.0595. The lowest BCUT2D eigenvalue weighted by Crippen LogP contribution is -2.05. The summed E-state index contributed by atoms with van der Waals surface area (Å²) in [6, 6.07) is 4.39. The van der Waals surface area contributed by atoms with Crippen LogP contribution in [0, 0.1) is 5.82 Å². The Hall–Kier alpha value is -1.42. The van der Waals surface area contributed by atoms with E-state index in [2.05, 4.69) is 11.7 Å². The van der Waals surface area contributed by atoms with Gasteiger partial charge in [-0.05, 0) is 24.1 Å². The smallest absolute Gasteiger partial charge is 0.340 e. The second-order valence-corrected chi connectivity index (χ2v) is 3.71. The molecular formula is C13H17FO3. The van der Waals surface area contributed by atoms with Gasteiger partial charge in [-0.2, -0.15) is 0 Å². The van der Waals surface area contributed by atoms with Gasteiger partial charge in [0, 0.05) is 6.61 Å². The first kappa shape index (κ1) is 13.6. The molecule has 0 aliphatic heterocycles. The number of hydrogen-bond acceptors (Lipinski definition) is 3. The Labute approximate surface area is 101 Å². The number of unbranched alkanes of at least 4 members (excludes halogenated alkanes) is 1. The van der Waals surface area contributed by atoms with Crippen molar-refractivity contribution in [3.63, 3.8) is 0 Å². The summed E-state index contributed by atoms with van der Waals surface area (Å²) in [6.45, 7) is 3.10. The molecule has 0 radical (unpaired) electrons. The molecule has 94 valence electrons. The van der Waals surface area contributed by atoms with Gasteiger partial charge in [0.05, 0.1) is 19.3 Å². The van der Waals surface area contributed by atoms with Crippen LogP contribution in [0.4, 0.5) is 4.39 Å². The van der Waals surface area contributed by atoms with Gasteiger partial charge in [-0.15, -0.1) is 0 Å². The number of benzene rings is 1. The van der Waals surface area contributed by atoms with E-state index in [-0.39, 0.29) is 5.56 Å². The van der Waals surface area contributed by atoms with E-state index in [0.717, 1.165) is 12.8 Å². The van der Waals surface area contributed by atoms with Gasteiger partial charge in [-0.3, -0.25) is 0 Å². The highest BCUT2D eigenvalue weighted by Gasteiger charge is 2.11. The number of methoxy groups -OCH3 is 1. The molecule has 0 spiro atoms. The van der Waals surface area contributed by atoms with E-state index >= 15 is 0 Å². The first-order valence-corrected chi connectivity index (χ1v) is 5.63. The van der Waals surface area contributed by atoms with Crippen molar-refractivity contribution in [1.29, 1.82) is 0 Å². The van der Waals surface area contributed by atoms with Crippen molar-refractivity contribution in [2.45, 2.75) is 26.4 Å². The average Bonchev–Trinajstić information content (AvgIpc) is 2.34. The van der Waals surface area contributed by atoms with E-state index in [1.165, 1.54) is 19.2 Å². The minimum Gasteiger partial charge on any atom is -0.465 e. The predicted molar refractivity (Wildman–Crippen MR) is 62.3 cm³/mol. The SMILES string of the molecule is CCCCOCc1ccc(C(=O)OC)c(F)c1. The molecule has 1 rings (SSSR count). The van der Waals surface area contributed by atoms with Crippen molar-refractivity contribution in [3.05, 3.63) is 35.1 Å². The first-order valence-electron chi connectivity index (χ1n) is 5.63. The van der Waals surface area contributed by atoms with Gasteiger partial charge in [0.2, 0.25) is 0 Å². The van der Waals surface area contributed by atoms with Gasteiger partial charge < -0.3 is 9.47 Å². The molecule has 0 aromatic heterocycles. The van der Waals surface area contributed by atoms with Gasteiger partial charge in [0.25, 0.3) is 0 Å². The van der Waals surface area contributed by atoms with Crippen LogP contribution < -0.4 is 0 Å². The highest BCUT2D eigenvalue weighted by Crippen LogP contribution is 2.12. The maximum atomic E-state index is 13.5. The third-order valence-corrected chi connectivity index (χ3v) is 2.35. The Morgan fingerprint density at radius 2 is 2.18 bits per heavy atom. The fourth-order valence-corrected chi connectivity index (χ4v) is 1.36. The Kier molecular flexibility index (Phi) is 5.63. The van der Waals surface area contributed by atoms with Gasteiger partial charge in [-0.25, -0.2) is 9.18 Å². The summed E-state index contributed by atoms with van der Waals surface area (Å²) in [7, 11) is 1.23. The summed E-state index contributed by atoms with van der Waals surface area (Å²) in [4.78, 5) is 11.2. The monoisotopic (exact) mass is 240 g/mol. The third-order valence-electron chi connectivity index (χ3n) is 2.35. The number of hydrogen-bond donors (Lipinski definition) is 0. The van der Waals surface area contributed by atoms with Crippen molar-refractivity contribution in [2.24, 2.45) is 0 Å². The van der Waals surface area contributed by atoms with Crippen LogP contribution in [-0.4, -0.2) is 19.7 Å². The van der Waals surface area contributed by atoms with Crippen LogP contribution in [0.25, 0.3) is 0 Å². The van der Waals surface area contributed by atoms with Crippen LogP contribution in [0.1, 0.15) is 35.7 Å². The van der Waals surface area contributed by atoms with Crippen LogP contribution in [-0.2, 0) is 16.1 Å². The molecule has 0 N–H and O–H groups in total. The van der Waals surface area contributed by atoms with E-state index in [1.807, 2.05) is 0 Å². The molecule has 0 aliphatic carbocycles. The van der Waals surface area contributed by atoms with Crippen LogP contribution in [0.15, 0.2) is 18.2 Å². The van der Waals surface area contributed by atoms with Crippen LogP contribution in [0.3, 0.4) is 0 Å². The number of carbonyl (C=O) groups excluding carboxylic acids is 1. The minimum absolute atomic E-state index is 0.0511. The number of ether oxygens (including phenoxy) is 2. The molecule has 0 aliphatic rings. The standard InChI is InChI=1S/C13H17FO3/c1-3-4-7-17-9-10-5-6-11(12(14)8-10)13(15)16-2/h5-6,8H,3-4,7,9H2,1-2H3. The quantitative estimate of drug-likeness (QED) is 0.566. The maximum Gasteiger partial charge on any atom is 0.340 e. The van der Waals surface area contributed by atoms with Crippen molar-refractivity contribution in [3.8, 4) is 0 Å². The molecule has 0 bridgehead atoms. The summed E-state index contributed by atoms with van der Waals surface area (Å²) in [5, 5.41) is 0. The first-order chi connectivity index (χ1) is 8.19. The molecule has 1 aromatic carbocycles. The summed E-state index contributed by atoms with van der Waals surface area (Å²) >= 11 is 0. The Bertz CT molecular complexity index is 377. The van der Waals surface area contributed by atoms with Gasteiger partial charge in [0.1, 0.15) is 5.82 Å². The normalized spacial score (nSPS) is 10.3. The molecule has 0 saturated heterocycles. The number of esters is 1. The van der Waals surface area contributed by atoms with Crippen LogP contribution in [0.5, 0.6) is 0 Å². The Morgan fingerprint density at radius 3 is 2.76 bits per heavy atom. The Balaban J connectivity index is 2.59. The van der Waals surface area contributed by atoms with Gasteiger partial charge >= 0.3 is 5.97 Å². The minimum atomic E-state index is -0.666. The largest absolute Gasteiger partial charge is 0.465 e. The molecular weight excluding hydrogens is 223 g/mol. The van der Waals surface area contributed by atoms with E-state index in [0.29, 0.717) is 18.8 Å². The molecule has 4 heteroatoms. The summed E-state index contributed by atoms with van der Waals surface area (Å²) in [6.07, 6.45) is 2.05. The van der Waals surface area contributed by atoms with Crippen molar-refractivity contribution in [2.75, 3.05) is 13.7 Å². The number of carbonyl (C=O) groups is 1. The van der Waals surface area contributed by atoms with E-state index < -0.39 is 11.8 Å². The fourth-order valence-electron chi connectivity index (χ4n) is 1.36. The highest BCUT2D eigenvalue weighted by atomic mass is 19.1. The third kappa shape index (κ3) is 4.15. The molecule has 1 aromatic rings. The maximum absolute atomic E-state index is 13.5. The second-order valence-electron chi connectivity index (χ2n) is 3.71. The summed E-state index contributed by atoms with van der Waals surface area (Å²) in [5.41, 5.74) is 0.663.